The predicted octanol–water partition coefficient (Wildman–Crippen LogP) is 1.88. The number of esters is 1. The average Bonchev–Trinajstić information content (AvgIpc) is 2.87. The summed E-state index contributed by atoms with van der Waals surface area (Å²) in [5, 5.41) is 25.8. The molecule has 0 unspecified atom stereocenters. The van der Waals surface area contributed by atoms with Crippen LogP contribution in [0.1, 0.15) is 25.8 Å². The molecular weight excluding hydrogens is 318 g/mol. The number of carboxylic acids is 1. The maximum absolute atomic E-state index is 11.9. The molecule has 0 aliphatic carbocycles. The van der Waals surface area contributed by atoms with Crippen molar-refractivity contribution >= 4 is 29.0 Å². The molecule has 1 heterocycles. The summed E-state index contributed by atoms with van der Waals surface area (Å²) in [7, 11) is 0. The van der Waals surface area contributed by atoms with E-state index in [1.165, 1.54) is 25.1 Å². The van der Waals surface area contributed by atoms with E-state index < -0.39 is 22.4 Å². The van der Waals surface area contributed by atoms with Crippen molar-refractivity contribution < 1.29 is 24.4 Å². The molecule has 9 nitrogen and oxygen atoms in total. The number of carboxylic acid groups (broad SMARTS) is 1. The van der Waals surface area contributed by atoms with Crippen LogP contribution in [0.25, 0.3) is 0 Å². The van der Waals surface area contributed by atoms with Crippen molar-refractivity contribution in [3.63, 3.8) is 0 Å². The number of aliphatic carboxylic acids is 1. The molecule has 24 heavy (non-hydrogen) atoms. The third-order valence-electron chi connectivity index (χ3n) is 3.80. The molecule has 0 amide bonds. The molecule has 2 rings (SSSR count). The lowest BCUT2D eigenvalue weighted by molar-refractivity contribution is -0.384. The van der Waals surface area contributed by atoms with E-state index in [-0.39, 0.29) is 30.1 Å². The molecule has 1 aliphatic heterocycles. The molecule has 1 aromatic rings. The number of hydrazone groups is 1. The number of non-ortho nitro benzene ring substituents is 1. The minimum absolute atomic E-state index is 0.0346. The zero-order valence-electron chi connectivity index (χ0n) is 13.5. The number of ether oxygens (including phenoxy) is 1. The smallest absolute Gasteiger partial charge is 0.354 e. The van der Waals surface area contributed by atoms with Crippen LogP contribution >= 0.6 is 0 Å². The lowest BCUT2D eigenvalue weighted by Gasteiger charge is -2.30. The van der Waals surface area contributed by atoms with Crippen LogP contribution in [0, 0.1) is 17.0 Å². The van der Waals surface area contributed by atoms with Crippen LogP contribution in [-0.4, -0.2) is 39.8 Å². The Hall–Kier alpha value is -2.97. The number of aryl methyl sites for hydroxylation is 1. The quantitative estimate of drug-likeness (QED) is 0.495. The number of hydrogen-bond acceptors (Lipinski definition) is 7. The number of anilines is 1. The molecule has 9 heteroatoms. The molecule has 0 aromatic heterocycles. The van der Waals surface area contributed by atoms with Crippen LogP contribution in [-0.2, 0) is 14.3 Å². The first kappa shape index (κ1) is 17.4. The van der Waals surface area contributed by atoms with Gasteiger partial charge in [-0.05, 0) is 26.3 Å². The Labute approximate surface area is 137 Å². The number of hydrogen-bond donors (Lipinski definition) is 1. The van der Waals surface area contributed by atoms with Crippen molar-refractivity contribution in [3.8, 4) is 0 Å². The van der Waals surface area contributed by atoms with Crippen LogP contribution < -0.4 is 5.01 Å². The molecule has 1 atom stereocenters. The normalized spacial score (nSPS) is 19.8. The Morgan fingerprint density at radius 3 is 2.71 bits per heavy atom. The number of nitro benzene ring substituents is 1. The van der Waals surface area contributed by atoms with Crippen LogP contribution in [0.3, 0.4) is 0 Å². The average molecular weight is 335 g/mol. The number of benzene rings is 1. The number of carbonyl (C=O) groups excluding carboxylic acids is 1. The second-order valence-electron chi connectivity index (χ2n) is 5.56. The second-order valence-corrected chi connectivity index (χ2v) is 5.56. The largest absolute Gasteiger partial charge is 0.479 e. The molecule has 1 aliphatic rings. The summed E-state index contributed by atoms with van der Waals surface area (Å²) < 4.78 is 4.88. The third kappa shape index (κ3) is 2.92. The lowest BCUT2D eigenvalue weighted by atomic mass is 9.94. The Balaban J connectivity index is 2.55. The molecule has 1 N–H and O–H groups in total. The van der Waals surface area contributed by atoms with Gasteiger partial charge in [-0.25, -0.2) is 14.6 Å². The molecule has 1 aromatic carbocycles. The minimum Gasteiger partial charge on any atom is -0.479 e. The molecule has 0 bridgehead atoms. The zero-order valence-corrected chi connectivity index (χ0v) is 13.5. The SMILES string of the molecule is CCOC(=O)C1=NN(c2cc([N+](=O)[O-])ccc2C)[C@@](C)(C(=O)O)C1. The van der Waals surface area contributed by atoms with E-state index in [0.717, 1.165) is 5.01 Å². The maximum Gasteiger partial charge on any atom is 0.354 e. The Bertz CT molecular complexity index is 745. The van der Waals surface area contributed by atoms with E-state index in [0.29, 0.717) is 5.56 Å². The van der Waals surface area contributed by atoms with E-state index in [1.807, 2.05) is 0 Å². The zero-order chi connectivity index (χ0) is 18.1. The molecule has 0 spiro atoms. The Morgan fingerprint density at radius 1 is 1.50 bits per heavy atom. The first-order chi connectivity index (χ1) is 11.2. The fourth-order valence-electron chi connectivity index (χ4n) is 2.42. The van der Waals surface area contributed by atoms with Gasteiger partial charge in [0.25, 0.3) is 5.69 Å². The second kappa shape index (κ2) is 6.26. The Morgan fingerprint density at radius 2 is 2.17 bits per heavy atom. The molecule has 128 valence electrons. The molecule has 0 radical (unpaired) electrons. The summed E-state index contributed by atoms with van der Waals surface area (Å²) in [4.78, 5) is 34.1. The van der Waals surface area contributed by atoms with Gasteiger partial charge < -0.3 is 9.84 Å². The number of carbonyl (C=O) groups is 2. The molecule has 0 saturated heterocycles. The van der Waals surface area contributed by atoms with E-state index in [4.69, 9.17) is 4.74 Å². The highest BCUT2D eigenvalue weighted by Crippen LogP contribution is 2.37. The van der Waals surface area contributed by atoms with Crippen molar-refractivity contribution in [2.24, 2.45) is 5.10 Å². The van der Waals surface area contributed by atoms with Crippen LogP contribution in [0.4, 0.5) is 11.4 Å². The van der Waals surface area contributed by atoms with Gasteiger partial charge in [-0.15, -0.1) is 0 Å². The van der Waals surface area contributed by atoms with Gasteiger partial charge >= 0.3 is 11.9 Å². The molecular formula is C15H17N3O6. The van der Waals surface area contributed by atoms with Gasteiger partial charge in [0.15, 0.2) is 5.54 Å². The summed E-state index contributed by atoms with van der Waals surface area (Å²) in [5.74, 6) is -1.90. The summed E-state index contributed by atoms with van der Waals surface area (Å²) >= 11 is 0. The van der Waals surface area contributed by atoms with Gasteiger partial charge in [-0.2, -0.15) is 5.10 Å². The van der Waals surface area contributed by atoms with Gasteiger partial charge in [-0.1, -0.05) is 6.07 Å². The topological polar surface area (TPSA) is 122 Å². The maximum atomic E-state index is 11.9. The summed E-state index contributed by atoms with van der Waals surface area (Å²) in [5.41, 5.74) is -0.909. The van der Waals surface area contributed by atoms with Crippen LogP contribution in [0.5, 0.6) is 0 Å². The van der Waals surface area contributed by atoms with Gasteiger partial charge in [0.05, 0.1) is 17.2 Å². The summed E-state index contributed by atoms with van der Waals surface area (Å²) in [6.45, 7) is 4.85. The van der Waals surface area contributed by atoms with Crippen molar-refractivity contribution in [1.82, 2.24) is 0 Å². The van der Waals surface area contributed by atoms with Crippen molar-refractivity contribution in [2.75, 3.05) is 11.6 Å². The standard InChI is InChI=1S/C15H17N3O6/c1-4-24-13(19)11-8-15(3,14(20)21)17(16-11)12-7-10(18(22)23)6-5-9(12)2/h5-7H,4,8H2,1-3H3,(H,20,21)/t15-/m1/s1. The monoisotopic (exact) mass is 335 g/mol. The van der Waals surface area contributed by atoms with Gasteiger partial charge in [0.1, 0.15) is 5.71 Å². The summed E-state index contributed by atoms with van der Waals surface area (Å²) in [6.07, 6.45) is -0.163. The highest BCUT2D eigenvalue weighted by atomic mass is 16.6. The van der Waals surface area contributed by atoms with Crippen molar-refractivity contribution in [2.45, 2.75) is 32.7 Å². The third-order valence-corrected chi connectivity index (χ3v) is 3.80. The first-order valence-electron chi connectivity index (χ1n) is 7.24. The number of nitro groups is 1. The predicted molar refractivity (Wildman–Crippen MR) is 85.0 cm³/mol. The van der Waals surface area contributed by atoms with Gasteiger partial charge in [0, 0.05) is 18.6 Å². The van der Waals surface area contributed by atoms with Crippen molar-refractivity contribution in [1.29, 1.82) is 0 Å². The molecule has 0 fully saturated rings. The highest BCUT2D eigenvalue weighted by molar-refractivity contribution is 6.38. The summed E-state index contributed by atoms with van der Waals surface area (Å²) in [6, 6.07) is 4.07. The van der Waals surface area contributed by atoms with Gasteiger partial charge in [0.2, 0.25) is 0 Å². The van der Waals surface area contributed by atoms with Gasteiger partial charge in [-0.3, -0.25) is 10.1 Å². The van der Waals surface area contributed by atoms with E-state index in [9.17, 15) is 24.8 Å². The van der Waals surface area contributed by atoms with Crippen LogP contribution in [0.2, 0.25) is 0 Å². The molecule has 0 saturated carbocycles. The first-order valence-corrected chi connectivity index (χ1v) is 7.24. The van der Waals surface area contributed by atoms with E-state index in [2.05, 4.69) is 5.10 Å². The van der Waals surface area contributed by atoms with Crippen LogP contribution in [0.15, 0.2) is 23.3 Å². The van der Waals surface area contributed by atoms with E-state index >= 15 is 0 Å². The highest BCUT2D eigenvalue weighted by Gasteiger charge is 2.48. The van der Waals surface area contributed by atoms with E-state index in [1.54, 1.807) is 13.8 Å². The Kier molecular flexibility index (Phi) is 4.54. The fraction of sp³-hybridized carbons (Fsp3) is 0.400. The lowest BCUT2D eigenvalue weighted by Crippen LogP contribution is -2.47. The van der Waals surface area contributed by atoms with Crippen molar-refractivity contribution in [3.05, 3.63) is 33.9 Å². The number of rotatable bonds is 5. The number of nitrogens with zero attached hydrogens (tertiary/aromatic N) is 3. The fourth-order valence-corrected chi connectivity index (χ4v) is 2.42. The minimum atomic E-state index is -1.54.